The zero-order valence-electron chi connectivity index (χ0n) is 17.0. The van der Waals surface area contributed by atoms with Crippen molar-refractivity contribution in [2.24, 2.45) is 0 Å². The third kappa shape index (κ3) is 5.35. The SMILES string of the molecule is CNC(=O)NC(=O)C(C)OC(=O)c1ccc(N(C)S(=O)(=O)c2ccc(C)cc2)cc1. The average molecular weight is 433 g/mol. The van der Waals surface area contributed by atoms with E-state index in [2.05, 4.69) is 5.32 Å². The number of carbonyl (C=O) groups excluding carboxylic acids is 3. The summed E-state index contributed by atoms with van der Waals surface area (Å²) in [5.41, 5.74) is 1.41. The fraction of sp³-hybridized carbons (Fsp3) is 0.250. The largest absolute Gasteiger partial charge is 0.449 e. The van der Waals surface area contributed by atoms with Crippen molar-refractivity contribution in [3.05, 3.63) is 59.7 Å². The molecule has 9 nitrogen and oxygen atoms in total. The van der Waals surface area contributed by atoms with E-state index in [0.717, 1.165) is 9.87 Å². The fourth-order valence-electron chi connectivity index (χ4n) is 2.37. The number of carbonyl (C=O) groups is 3. The van der Waals surface area contributed by atoms with Crippen LogP contribution in [-0.2, 0) is 19.6 Å². The molecule has 0 bridgehead atoms. The quantitative estimate of drug-likeness (QED) is 0.670. The minimum absolute atomic E-state index is 0.125. The molecule has 3 amide bonds. The highest BCUT2D eigenvalue weighted by Crippen LogP contribution is 2.23. The number of amides is 3. The maximum Gasteiger partial charge on any atom is 0.338 e. The van der Waals surface area contributed by atoms with Crippen LogP contribution in [0.3, 0.4) is 0 Å². The van der Waals surface area contributed by atoms with Crippen LogP contribution in [0.1, 0.15) is 22.8 Å². The standard InChI is InChI=1S/C20H23N3O6S/c1-13-5-11-17(12-6-13)30(27,28)23(4)16-9-7-15(8-10-16)19(25)29-14(2)18(24)22-20(26)21-3/h5-12,14H,1-4H3,(H2,21,22,24,26). The van der Waals surface area contributed by atoms with Crippen LogP contribution < -0.4 is 14.9 Å². The highest BCUT2D eigenvalue weighted by atomic mass is 32.2. The lowest BCUT2D eigenvalue weighted by atomic mass is 10.2. The van der Waals surface area contributed by atoms with E-state index in [-0.39, 0.29) is 10.5 Å². The highest BCUT2D eigenvalue weighted by molar-refractivity contribution is 7.92. The van der Waals surface area contributed by atoms with E-state index in [9.17, 15) is 22.8 Å². The summed E-state index contributed by atoms with van der Waals surface area (Å²) in [6, 6.07) is 11.4. The lowest BCUT2D eigenvalue weighted by Crippen LogP contribution is -2.43. The Labute approximate surface area is 175 Å². The molecule has 2 rings (SSSR count). The first-order valence-electron chi connectivity index (χ1n) is 8.95. The molecule has 1 unspecified atom stereocenters. The van der Waals surface area contributed by atoms with Crippen molar-refractivity contribution in [2.75, 3.05) is 18.4 Å². The number of aryl methyl sites for hydroxylation is 1. The van der Waals surface area contributed by atoms with E-state index in [1.54, 1.807) is 12.1 Å². The number of sulfonamides is 1. The number of nitrogens with one attached hydrogen (secondary N) is 2. The van der Waals surface area contributed by atoms with E-state index in [0.29, 0.717) is 5.69 Å². The first-order chi connectivity index (χ1) is 14.1. The molecule has 2 aromatic carbocycles. The molecule has 0 aliphatic carbocycles. The van der Waals surface area contributed by atoms with Gasteiger partial charge >= 0.3 is 12.0 Å². The topological polar surface area (TPSA) is 122 Å². The fourth-order valence-corrected chi connectivity index (χ4v) is 3.57. The summed E-state index contributed by atoms with van der Waals surface area (Å²) in [6.45, 7) is 3.19. The Morgan fingerprint density at radius 2 is 1.57 bits per heavy atom. The van der Waals surface area contributed by atoms with Crippen LogP contribution in [0.5, 0.6) is 0 Å². The molecule has 0 aliphatic rings. The molecule has 30 heavy (non-hydrogen) atoms. The monoisotopic (exact) mass is 433 g/mol. The average Bonchev–Trinajstić information content (AvgIpc) is 2.73. The number of imide groups is 1. The van der Waals surface area contributed by atoms with Crippen molar-refractivity contribution in [2.45, 2.75) is 24.8 Å². The van der Waals surface area contributed by atoms with Crippen LogP contribution in [0.15, 0.2) is 53.4 Å². The number of urea groups is 1. The lowest BCUT2D eigenvalue weighted by Gasteiger charge is -2.20. The van der Waals surface area contributed by atoms with Gasteiger partial charge in [0.2, 0.25) is 0 Å². The molecule has 0 aliphatic heterocycles. The molecule has 0 radical (unpaired) electrons. The van der Waals surface area contributed by atoms with Gasteiger partial charge in [0, 0.05) is 14.1 Å². The van der Waals surface area contributed by atoms with Crippen LogP contribution in [0.2, 0.25) is 0 Å². The van der Waals surface area contributed by atoms with Crippen LogP contribution in [-0.4, -0.2) is 46.5 Å². The Balaban J connectivity index is 2.10. The van der Waals surface area contributed by atoms with Gasteiger partial charge < -0.3 is 10.1 Å². The Bertz CT molecular complexity index is 1030. The van der Waals surface area contributed by atoms with Gasteiger partial charge in [0.15, 0.2) is 6.10 Å². The number of anilines is 1. The van der Waals surface area contributed by atoms with Gasteiger partial charge in [0.25, 0.3) is 15.9 Å². The summed E-state index contributed by atoms with van der Waals surface area (Å²) in [6.07, 6.45) is -1.20. The number of hydrogen-bond acceptors (Lipinski definition) is 6. The molecule has 1 atom stereocenters. The molecule has 2 aromatic rings. The number of esters is 1. The number of rotatable bonds is 6. The van der Waals surface area contributed by atoms with Gasteiger partial charge in [-0.15, -0.1) is 0 Å². The molecule has 0 aromatic heterocycles. The predicted molar refractivity (Wildman–Crippen MR) is 111 cm³/mol. The lowest BCUT2D eigenvalue weighted by molar-refractivity contribution is -0.127. The van der Waals surface area contributed by atoms with Crippen molar-refractivity contribution in [3.63, 3.8) is 0 Å². The van der Waals surface area contributed by atoms with E-state index in [4.69, 9.17) is 4.74 Å². The molecular formula is C20H23N3O6S. The van der Waals surface area contributed by atoms with Gasteiger partial charge in [-0.1, -0.05) is 17.7 Å². The van der Waals surface area contributed by atoms with E-state index >= 15 is 0 Å². The smallest absolute Gasteiger partial charge is 0.338 e. The van der Waals surface area contributed by atoms with Crippen molar-refractivity contribution < 1.29 is 27.5 Å². The van der Waals surface area contributed by atoms with E-state index in [1.165, 1.54) is 57.4 Å². The Morgan fingerprint density at radius 1 is 1.00 bits per heavy atom. The van der Waals surface area contributed by atoms with Gasteiger partial charge in [0.05, 0.1) is 16.1 Å². The van der Waals surface area contributed by atoms with Crippen molar-refractivity contribution in [1.29, 1.82) is 0 Å². The molecule has 0 fully saturated rings. The van der Waals surface area contributed by atoms with Crippen LogP contribution in [0, 0.1) is 6.92 Å². The molecule has 0 spiro atoms. The van der Waals surface area contributed by atoms with Crippen molar-refractivity contribution >= 4 is 33.6 Å². The first-order valence-corrected chi connectivity index (χ1v) is 10.4. The van der Waals surface area contributed by atoms with E-state index in [1.807, 2.05) is 12.2 Å². The Hall–Kier alpha value is -3.40. The summed E-state index contributed by atoms with van der Waals surface area (Å²) in [5.74, 6) is -1.56. The second-order valence-electron chi connectivity index (χ2n) is 6.45. The first kappa shape index (κ1) is 22.9. The summed E-state index contributed by atoms with van der Waals surface area (Å²) < 4.78 is 31.6. The Morgan fingerprint density at radius 3 is 2.10 bits per heavy atom. The van der Waals surface area contributed by atoms with Gasteiger partial charge in [-0.2, -0.15) is 0 Å². The summed E-state index contributed by atoms with van der Waals surface area (Å²) >= 11 is 0. The van der Waals surface area contributed by atoms with Crippen LogP contribution in [0.4, 0.5) is 10.5 Å². The normalized spacial score (nSPS) is 11.9. The molecule has 2 N–H and O–H groups in total. The molecule has 0 heterocycles. The highest BCUT2D eigenvalue weighted by Gasteiger charge is 2.23. The molecule has 0 saturated heterocycles. The minimum Gasteiger partial charge on any atom is -0.449 e. The summed E-state index contributed by atoms with van der Waals surface area (Å²) in [4.78, 5) is 35.3. The van der Waals surface area contributed by atoms with Gasteiger partial charge in [-0.25, -0.2) is 18.0 Å². The maximum atomic E-state index is 12.8. The second-order valence-corrected chi connectivity index (χ2v) is 8.42. The van der Waals surface area contributed by atoms with Crippen LogP contribution >= 0.6 is 0 Å². The number of nitrogens with zero attached hydrogens (tertiary/aromatic N) is 1. The summed E-state index contributed by atoms with van der Waals surface area (Å²) in [5, 5.41) is 4.22. The van der Waals surface area contributed by atoms with Gasteiger partial charge in [-0.05, 0) is 50.2 Å². The zero-order chi connectivity index (χ0) is 22.5. The molecule has 10 heteroatoms. The third-order valence-electron chi connectivity index (χ3n) is 4.26. The summed E-state index contributed by atoms with van der Waals surface area (Å²) in [7, 11) is -1.01. The third-order valence-corrected chi connectivity index (χ3v) is 6.06. The minimum atomic E-state index is -3.76. The molecule has 0 saturated carbocycles. The number of hydrogen-bond donors (Lipinski definition) is 2. The van der Waals surface area contributed by atoms with Gasteiger partial charge in [-0.3, -0.25) is 14.4 Å². The maximum absolute atomic E-state index is 12.8. The molecular weight excluding hydrogens is 410 g/mol. The van der Waals surface area contributed by atoms with Crippen molar-refractivity contribution in [1.82, 2.24) is 10.6 Å². The number of ether oxygens (including phenoxy) is 1. The van der Waals surface area contributed by atoms with Crippen LogP contribution in [0.25, 0.3) is 0 Å². The second kappa shape index (κ2) is 9.40. The number of benzene rings is 2. The van der Waals surface area contributed by atoms with Gasteiger partial charge in [0.1, 0.15) is 0 Å². The van der Waals surface area contributed by atoms with Crippen molar-refractivity contribution in [3.8, 4) is 0 Å². The zero-order valence-corrected chi connectivity index (χ0v) is 17.8. The molecule has 160 valence electrons. The van der Waals surface area contributed by atoms with E-state index < -0.39 is 34.0 Å². The predicted octanol–water partition coefficient (Wildman–Crippen LogP) is 1.82. The Kier molecular flexibility index (Phi) is 7.17.